The zero-order valence-corrected chi connectivity index (χ0v) is 13.6. The van der Waals surface area contributed by atoms with Crippen LogP contribution in [0.3, 0.4) is 0 Å². The monoisotopic (exact) mass is 325 g/mol. The fourth-order valence-corrected chi connectivity index (χ4v) is 4.55. The highest BCUT2D eigenvalue weighted by atomic mass is 32.2. The molecule has 3 rings (SSSR count). The number of carbonyl (C=O) groups is 1. The molecule has 0 unspecified atom stereocenters. The van der Waals surface area contributed by atoms with Crippen LogP contribution in [-0.2, 0) is 4.79 Å². The molecular weight excluding hydrogens is 308 g/mol. The van der Waals surface area contributed by atoms with Gasteiger partial charge >= 0.3 is 0 Å². The molecule has 2 saturated heterocycles. The van der Waals surface area contributed by atoms with Crippen LogP contribution >= 0.6 is 35.3 Å². The molecule has 1 aromatic heterocycles. The quantitative estimate of drug-likeness (QED) is 0.679. The van der Waals surface area contributed by atoms with Crippen molar-refractivity contribution in [3.8, 4) is 0 Å². The molecule has 0 aliphatic carbocycles. The van der Waals surface area contributed by atoms with E-state index in [0.717, 1.165) is 29.5 Å². The Bertz CT molecular complexity index is 533. The number of thiocarbonyl (C=S) groups is 1. The van der Waals surface area contributed by atoms with Crippen LogP contribution in [0.2, 0.25) is 0 Å². The molecule has 1 N–H and O–H groups in total. The fourth-order valence-electron chi connectivity index (χ4n) is 2.57. The maximum Gasteiger partial charge on any atom is 0.270 e. The minimum absolute atomic E-state index is 0.0754. The number of nitrogens with one attached hydrogen (secondary N) is 1. The topological polar surface area (TPSA) is 24.8 Å². The molecule has 1 aromatic rings. The zero-order chi connectivity index (χ0) is 13.9. The summed E-state index contributed by atoms with van der Waals surface area (Å²) in [5.74, 6) is 0.0754. The van der Waals surface area contributed by atoms with Crippen LogP contribution in [0.15, 0.2) is 22.4 Å². The Labute approximate surface area is 132 Å². The van der Waals surface area contributed by atoms with E-state index in [1.54, 1.807) is 16.2 Å². The minimum Gasteiger partial charge on any atom is -0.317 e. The van der Waals surface area contributed by atoms with Gasteiger partial charge in [0.25, 0.3) is 5.91 Å². The first-order chi connectivity index (χ1) is 9.74. The van der Waals surface area contributed by atoms with Crippen LogP contribution in [0, 0.1) is 0 Å². The average Bonchev–Trinajstić information content (AvgIpc) is 3.05. The van der Waals surface area contributed by atoms with Gasteiger partial charge in [-0.1, -0.05) is 30.0 Å². The van der Waals surface area contributed by atoms with Crippen molar-refractivity contribution in [3.63, 3.8) is 0 Å². The minimum atomic E-state index is 0.0754. The lowest BCUT2D eigenvalue weighted by atomic mass is 10.1. The van der Waals surface area contributed by atoms with Gasteiger partial charge in [0.2, 0.25) is 0 Å². The smallest absolute Gasteiger partial charge is 0.270 e. The second-order valence-corrected chi connectivity index (χ2v) is 7.75. The third-order valence-corrected chi connectivity index (χ3v) is 5.83. The van der Waals surface area contributed by atoms with Crippen molar-refractivity contribution < 1.29 is 9.69 Å². The summed E-state index contributed by atoms with van der Waals surface area (Å²) < 4.78 is 0.705. The maximum atomic E-state index is 12.5. The Morgan fingerprint density at radius 2 is 2.15 bits per heavy atom. The zero-order valence-electron chi connectivity index (χ0n) is 11.1. The number of carbonyl (C=O) groups excluding carboxylic acids is 1. The molecular formula is C14H17N2OS3+. The van der Waals surface area contributed by atoms with E-state index in [1.807, 2.05) is 23.6 Å². The van der Waals surface area contributed by atoms with Crippen LogP contribution in [-0.4, -0.2) is 34.9 Å². The Morgan fingerprint density at radius 3 is 2.85 bits per heavy atom. The lowest BCUT2D eigenvalue weighted by Gasteiger charge is -2.27. The summed E-state index contributed by atoms with van der Waals surface area (Å²) in [6, 6.07) is 4.02. The van der Waals surface area contributed by atoms with Gasteiger partial charge in [-0.25, -0.2) is 4.90 Å². The molecule has 6 heteroatoms. The highest BCUT2D eigenvalue weighted by Gasteiger charge is 2.34. The number of hydrogen-bond donors (Lipinski definition) is 1. The summed E-state index contributed by atoms with van der Waals surface area (Å²) in [6.07, 6.45) is 5.79. The molecule has 0 aromatic carbocycles. The lowest BCUT2D eigenvalue weighted by Crippen LogP contribution is -3.14. The number of rotatable bonds is 3. The van der Waals surface area contributed by atoms with E-state index in [-0.39, 0.29) is 5.91 Å². The molecule has 2 fully saturated rings. The summed E-state index contributed by atoms with van der Waals surface area (Å²) in [5, 5.41) is 2.02. The van der Waals surface area contributed by atoms with Crippen molar-refractivity contribution >= 4 is 51.6 Å². The first-order valence-electron chi connectivity index (χ1n) is 6.86. The number of nitrogens with zero attached hydrogens (tertiary/aromatic N) is 1. The van der Waals surface area contributed by atoms with Crippen LogP contribution in [0.5, 0.6) is 0 Å². The van der Waals surface area contributed by atoms with Gasteiger partial charge in [0.05, 0.1) is 18.0 Å². The second-order valence-electron chi connectivity index (χ2n) is 5.09. The number of thiophene rings is 1. The van der Waals surface area contributed by atoms with E-state index in [9.17, 15) is 4.79 Å². The first kappa shape index (κ1) is 14.3. The van der Waals surface area contributed by atoms with Gasteiger partial charge in [-0.2, -0.15) is 0 Å². The number of thioether (sulfide) groups is 1. The van der Waals surface area contributed by atoms with Gasteiger partial charge in [-0.3, -0.25) is 4.79 Å². The third-order valence-electron chi connectivity index (χ3n) is 3.63. The Kier molecular flexibility index (Phi) is 4.55. The van der Waals surface area contributed by atoms with Gasteiger partial charge < -0.3 is 4.90 Å². The number of piperidine rings is 1. The number of amides is 1. The molecule has 106 valence electrons. The summed E-state index contributed by atoms with van der Waals surface area (Å²) in [6.45, 7) is 3.04. The van der Waals surface area contributed by atoms with Crippen molar-refractivity contribution in [1.82, 2.24) is 4.90 Å². The number of hydrogen-bond acceptors (Lipinski definition) is 4. The number of likely N-dealkylation sites (tertiary alicyclic amines) is 1. The van der Waals surface area contributed by atoms with Gasteiger partial charge in [-0.15, -0.1) is 11.3 Å². The molecule has 0 radical (unpaired) electrons. The molecule has 20 heavy (non-hydrogen) atoms. The average molecular weight is 326 g/mol. The highest BCUT2D eigenvalue weighted by molar-refractivity contribution is 8.26. The molecule has 0 bridgehead atoms. The van der Waals surface area contributed by atoms with Gasteiger partial charge in [0.15, 0.2) is 11.0 Å². The predicted molar refractivity (Wildman–Crippen MR) is 88.7 cm³/mol. The molecule has 0 saturated carbocycles. The van der Waals surface area contributed by atoms with Crippen LogP contribution in [0.4, 0.5) is 0 Å². The van der Waals surface area contributed by atoms with Crippen molar-refractivity contribution in [3.05, 3.63) is 27.3 Å². The Morgan fingerprint density at radius 1 is 1.35 bits per heavy atom. The van der Waals surface area contributed by atoms with Crippen molar-refractivity contribution in [2.75, 3.05) is 19.8 Å². The van der Waals surface area contributed by atoms with E-state index in [2.05, 4.69) is 0 Å². The normalized spacial score (nSPS) is 23.0. The van der Waals surface area contributed by atoms with Crippen LogP contribution < -0.4 is 4.90 Å². The molecule has 2 aliphatic heterocycles. The third kappa shape index (κ3) is 3.14. The van der Waals surface area contributed by atoms with E-state index in [1.165, 1.54) is 35.9 Å². The SMILES string of the molecule is O=C1/C(=C\c2cccs2)SC(=S)N1C[NH+]1CCCCC1. The summed E-state index contributed by atoms with van der Waals surface area (Å²) in [5.41, 5.74) is 0. The highest BCUT2D eigenvalue weighted by Crippen LogP contribution is 2.32. The van der Waals surface area contributed by atoms with Gasteiger partial charge in [0.1, 0.15) is 0 Å². The van der Waals surface area contributed by atoms with Gasteiger partial charge in [-0.05, 0) is 36.8 Å². The van der Waals surface area contributed by atoms with Crippen molar-refractivity contribution in [2.24, 2.45) is 0 Å². The Hall–Kier alpha value is -0.690. The largest absolute Gasteiger partial charge is 0.317 e. The molecule has 3 nitrogen and oxygen atoms in total. The molecule has 3 heterocycles. The van der Waals surface area contributed by atoms with Crippen LogP contribution in [0.25, 0.3) is 6.08 Å². The van der Waals surface area contributed by atoms with Crippen molar-refractivity contribution in [2.45, 2.75) is 19.3 Å². The van der Waals surface area contributed by atoms with Gasteiger partial charge in [0, 0.05) is 4.88 Å². The second kappa shape index (κ2) is 6.39. The standard InChI is InChI=1S/C14H16N2OS3/c17-13-12(9-11-5-4-8-19-11)20-14(18)16(13)10-15-6-2-1-3-7-15/h4-5,8-9H,1-3,6-7,10H2/p+1/b12-9+. The number of quaternary nitrogens is 1. The molecule has 1 amide bonds. The lowest BCUT2D eigenvalue weighted by molar-refractivity contribution is -0.911. The first-order valence-corrected chi connectivity index (χ1v) is 8.97. The summed E-state index contributed by atoms with van der Waals surface area (Å²) in [7, 11) is 0. The van der Waals surface area contributed by atoms with E-state index in [0.29, 0.717) is 4.32 Å². The summed E-state index contributed by atoms with van der Waals surface area (Å²) >= 11 is 8.45. The summed E-state index contributed by atoms with van der Waals surface area (Å²) in [4.78, 5) is 17.6. The predicted octanol–water partition coefficient (Wildman–Crippen LogP) is 1.98. The Balaban J connectivity index is 1.70. The fraction of sp³-hybridized carbons (Fsp3) is 0.429. The molecule has 0 atom stereocenters. The van der Waals surface area contributed by atoms with E-state index < -0.39 is 0 Å². The van der Waals surface area contributed by atoms with E-state index >= 15 is 0 Å². The van der Waals surface area contributed by atoms with E-state index in [4.69, 9.17) is 12.2 Å². The maximum absolute atomic E-state index is 12.5. The van der Waals surface area contributed by atoms with Crippen LogP contribution in [0.1, 0.15) is 24.1 Å². The van der Waals surface area contributed by atoms with Crippen molar-refractivity contribution in [1.29, 1.82) is 0 Å². The molecule has 2 aliphatic rings. The molecule has 0 spiro atoms.